The summed E-state index contributed by atoms with van der Waals surface area (Å²) in [5.41, 5.74) is 1.79. The van der Waals surface area contributed by atoms with Crippen LogP contribution in [0.1, 0.15) is 26.2 Å². The summed E-state index contributed by atoms with van der Waals surface area (Å²) < 4.78 is 8.48. The standard InChI is InChI=1S/C22H30N6O3/c1-2-24-10-12-25(13-11-24)17-3-7-26(8-4-17)21(29)5-9-28-22(30)19-15-20-18(6-14-31-20)27(19)16-23-28/h6,14-17H,2-5,7-13H2,1H3. The van der Waals surface area contributed by atoms with Crippen LogP contribution in [0.4, 0.5) is 0 Å². The zero-order chi connectivity index (χ0) is 21.4. The Balaban J connectivity index is 1.15. The molecule has 2 saturated heterocycles. The second-order valence-corrected chi connectivity index (χ2v) is 8.56. The number of furan rings is 1. The highest BCUT2D eigenvalue weighted by Gasteiger charge is 2.28. The predicted octanol–water partition coefficient (Wildman–Crippen LogP) is 1.26. The molecule has 3 aromatic heterocycles. The molecule has 0 spiro atoms. The van der Waals surface area contributed by atoms with Gasteiger partial charge in [-0.25, -0.2) is 4.68 Å². The zero-order valence-corrected chi connectivity index (χ0v) is 18.1. The van der Waals surface area contributed by atoms with E-state index in [9.17, 15) is 9.59 Å². The lowest BCUT2D eigenvalue weighted by Crippen LogP contribution is -2.53. The van der Waals surface area contributed by atoms with Crippen LogP contribution in [0.3, 0.4) is 0 Å². The van der Waals surface area contributed by atoms with Crippen LogP contribution in [0.2, 0.25) is 0 Å². The molecule has 0 atom stereocenters. The Bertz CT molecular complexity index is 1120. The van der Waals surface area contributed by atoms with E-state index in [0.29, 0.717) is 30.1 Å². The molecule has 0 aliphatic carbocycles. The number of likely N-dealkylation sites (tertiary alicyclic amines) is 1. The molecule has 31 heavy (non-hydrogen) atoms. The Labute approximate surface area is 180 Å². The van der Waals surface area contributed by atoms with Crippen LogP contribution in [0, 0.1) is 0 Å². The van der Waals surface area contributed by atoms with Crippen molar-refractivity contribution in [3.05, 3.63) is 35.1 Å². The number of piperazine rings is 1. The number of rotatable bonds is 5. The molecule has 5 heterocycles. The van der Waals surface area contributed by atoms with Gasteiger partial charge in [-0.3, -0.25) is 18.9 Å². The minimum Gasteiger partial charge on any atom is -0.463 e. The molecule has 9 nitrogen and oxygen atoms in total. The number of carbonyl (C=O) groups is 1. The molecule has 0 saturated carbocycles. The summed E-state index contributed by atoms with van der Waals surface area (Å²) >= 11 is 0. The van der Waals surface area contributed by atoms with E-state index < -0.39 is 0 Å². The van der Waals surface area contributed by atoms with Crippen LogP contribution < -0.4 is 5.56 Å². The second-order valence-electron chi connectivity index (χ2n) is 8.56. The molecule has 5 rings (SSSR count). The van der Waals surface area contributed by atoms with Crippen molar-refractivity contribution in [3.63, 3.8) is 0 Å². The number of fused-ring (bicyclic) bond motifs is 3. The third-order valence-corrected chi connectivity index (χ3v) is 6.95. The Morgan fingerprint density at radius 3 is 2.65 bits per heavy atom. The van der Waals surface area contributed by atoms with E-state index >= 15 is 0 Å². The number of amides is 1. The first-order valence-corrected chi connectivity index (χ1v) is 11.3. The average Bonchev–Trinajstić information content (AvgIpc) is 3.41. The summed E-state index contributed by atoms with van der Waals surface area (Å²) in [6.07, 6.45) is 5.56. The van der Waals surface area contributed by atoms with Crippen LogP contribution >= 0.6 is 0 Å². The summed E-state index contributed by atoms with van der Waals surface area (Å²) in [5.74, 6) is 0.104. The zero-order valence-electron chi connectivity index (χ0n) is 18.1. The van der Waals surface area contributed by atoms with E-state index in [2.05, 4.69) is 21.8 Å². The molecule has 2 aliphatic heterocycles. The summed E-state index contributed by atoms with van der Waals surface area (Å²) in [6, 6.07) is 4.12. The van der Waals surface area contributed by atoms with E-state index in [4.69, 9.17) is 4.42 Å². The van der Waals surface area contributed by atoms with Gasteiger partial charge < -0.3 is 14.2 Å². The Kier molecular flexibility index (Phi) is 5.54. The maximum absolute atomic E-state index is 12.8. The van der Waals surface area contributed by atoms with Crippen molar-refractivity contribution in [2.75, 3.05) is 45.8 Å². The molecule has 0 radical (unpaired) electrons. The maximum Gasteiger partial charge on any atom is 0.291 e. The van der Waals surface area contributed by atoms with Gasteiger partial charge in [0.25, 0.3) is 5.56 Å². The number of carbonyl (C=O) groups excluding carboxylic acids is 1. The highest BCUT2D eigenvalue weighted by atomic mass is 16.3. The molecule has 166 valence electrons. The summed E-state index contributed by atoms with van der Waals surface area (Å²) in [7, 11) is 0. The number of hydrogen-bond acceptors (Lipinski definition) is 6. The lowest BCUT2D eigenvalue weighted by molar-refractivity contribution is -0.133. The smallest absolute Gasteiger partial charge is 0.291 e. The fraction of sp³-hybridized carbons (Fsp3) is 0.591. The van der Waals surface area contributed by atoms with Gasteiger partial charge in [-0.05, 0) is 19.4 Å². The second kappa shape index (κ2) is 8.47. The molecule has 0 N–H and O–H groups in total. The molecule has 0 bridgehead atoms. The van der Waals surface area contributed by atoms with Gasteiger partial charge >= 0.3 is 0 Å². The van der Waals surface area contributed by atoms with Gasteiger partial charge in [0.2, 0.25) is 5.91 Å². The molecule has 2 fully saturated rings. The molecule has 9 heteroatoms. The molecular formula is C22H30N6O3. The molecule has 2 aliphatic rings. The maximum atomic E-state index is 12.8. The van der Waals surface area contributed by atoms with Crippen molar-refractivity contribution >= 4 is 22.5 Å². The number of nitrogens with zero attached hydrogens (tertiary/aromatic N) is 6. The SMILES string of the molecule is CCN1CCN(C2CCN(C(=O)CCn3ncn4c(cc5occc54)c3=O)CC2)CC1. The van der Waals surface area contributed by atoms with Crippen LogP contribution in [-0.4, -0.2) is 86.6 Å². The minimum absolute atomic E-state index is 0.104. The van der Waals surface area contributed by atoms with Crippen molar-refractivity contribution in [2.45, 2.75) is 38.8 Å². The van der Waals surface area contributed by atoms with Gasteiger partial charge in [-0.2, -0.15) is 5.10 Å². The number of piperidine rings is 1. The van der Waals surface area contributed by atoms with Crippen molar-refractivity contribution in [2.24, 2.45) is 0 Å². The molecule has 0 unspecified atom stereocenters. The average molecular weight is 427 g/mol. The summed E-state index contributed by atoms with van der Waals surface area (Å²) in [6.45, 7) is 9.80. The summed E-state index contributed by atoms with van der Waals surface area (Å²) in [4.78, 5) is 32.5. The van der Waals surface area contributed by atoms with Crippen LogP contribution in [0.15, 0.2) is 33.9 Å². The first-order chi connectivity index (χ1) is 15.1. The third-order valence-electron chi connectivity index (χ3n) is 6.95. The largest absolute Gasteiger partial charge is 0.463 e. The first kappa shape index (κ1) is 20.3. The first-order valence-electron chi connectivity index (χ1n) is 11.3. The van der Waals surface area contributed by atoms with E-state index in [1.54, 1.807) is 23.1 Å². The Morgan fingerprint density at radius 2 is 1.90 bits per heavy atom. The number of aryl methyl sites for hydroxylation is 1. The number of hydrogen-bond donors (Lipinski definition) is 0. The quantitative estimate of drug-likeness (QED) is 0.611. The van der Waals surface area contributed by atoms with E-state index in [-0.39, 0.29) is 11.5 Å². The fourth-order valence-electron chi connectivity index (χ4n) is 4.98. The van der Waals surface area contributed by atoms with E-state index in [1.807, 2.05) is 11.0 Å². The highest BCUT2D eigenvalue weighted by molar-refractivity contribution is 5.81. The van der Waals surface area contributed by atoms with Gasteiger partial charge in [-0.15, -0.1) is 0 Å². The summed E-state index contributed by atoms with van der Waals surface area (Å²) in [5, 5.41) is 4.26. The molecule has 1 amide bonds. The topological polar surface area (TPSA) is 79.2 Å². The number of aromatic nitrogens is 3. The lowest BCUT2D eigenvalue weighted by Gasteiger charge is -2.42. The minimum atomic E-state index is -0.202. The van der Waals surface area contributed by atoms with Crippen LogP contribution in [0.25, 0.3) is 16.6 Å². The van der Waals surface area contributed by atoms with E-state index in [1.165, 1.54) is 4.68 Å². The van der Waals surface area contributed by atoms with Gasteiger partial charge in [0.05, 0.1) is 18.3 Å². The van der Waals surface area contributed by atoms with Crippen molar-refractivity contribution < 1.29 is 9.21 Å². The molecular weight excluding hydrogens is 396 g/mol. The van der Waals surface area contributed by atoms with Crippen molar-refractivity contribution in [1.82, 2.24) is 28.9 Å². The highest BCUT2D eigenvalue weighted by Crippen LogP contribution is 2.20. The fourth-order valence-corrected chi connectivity index (χ4v) is 4.98. The number of likely N-dealkylation sites (N-methyl/N-ethyl adjacent to an activating group) is 1. The Hall–Kier alpha value is -2.65. The predicted molar refractivity (Wildman–Crippen MR) is 117 cm³/mol. The van der Waals surface area contributed by atoms with Crippen molar-refractivity contribution in [3.8, 4) is 0 Å². The van der Waals surface area contributed by atoms with Gasteiger partial charge in [-0.1, -0.05) is 6.92 Å². The molecule has 0 aromatic carbocycles. The Morgan fingerprint density at radius 1 is 1.13 bits per heavy atom. The van der Waals surface area contributed by atoms with E-state index in [0.717, 1.165) is 64.2 Å². The monoisotopic (exact) mass is 426 g/mol. The van der Waals surface area contributed by atoms with Crippen LogP contribution in [0.5, 0.6) is 0 Å². The van der Waals surface area contributed by atoms with Gasteiger partial charge in [0.1, 0.15) is 11.8 Å². The van der Waals surface area contributed by atoms with Gasteiger partial charge in [0.15, 0.2) is 5.58 Å². The van der Waals surface area contributed by atoms with Crippen molar-refractivity contribution in [1.29, 1.82) is 0 Å². The van der Waals surface area contributed by atoms with Gasteiger partial charge in [0, 0.05) is 63.9 Å². The molecule has 3 aromatic rings. The van der Waals surface area contributed by atoms with Crippen LogP contribution in [-0.2, 0) is 11.3 Å². The lowest BCUT2D eigenvalue weighted by atomic mass is 10.0. The normalized spacial score (nSPS) is 19.6. The third kappa shape index (κ3) is 3.87.